The van der Waals surface area contributed by atoms with Gasteiger partial charge in [-0.25, -0.2) is 0 Å². The van der Waals surface area contributed by atoms with Crippen molar-refractivity contribution in [1.29, 1.82) is 5.26 Å². The number of nitriles is 1. The van der Waals surface area contributed by atoms with Crippen molar-refractivity contribution in [2.24, 2.45) is 0 Å². The maximum absolute atomic E-state index is 12.5. The lowest BCUT2D eigenvalue weighted by Gasteiger charge is -2.14. The van der Waals surface area contributed by atoms with Crippen LogP contribution in [0.3, 0.4) is 0 Å². The van der Waals surface area contributed by atoms with Crippen LogP contribution in [0.5, 0.6) is 0 Å². The zero-order valence-corrected chi connectivity index (χ0v) is 16.7. The van der Waals surface area contributed by atoms with Crippen LogP contribution in [0.1, 0.15) is 31.6 Å². The Balaban J connectivity index is 1.76. The summed E-state index contributed by atoms with van der Waals surface area (Å²) in [5, 5.41) is 8.68. The number of nitrogens with zero attached hydrogens (tertiary/aromatic N) is 2. The Labute approximate surface area is 171 Å². The molecule has 1 aliphatic heterocycles. The first-order valence-electron chi connectivity index (χ1n) is 8.97. The molecular weight excluding hydrogens is 392 g/mol. The number of amides is 2. The number of ether oxygens (including phenoxy) is 1. The fourth-order valence-corrected chi connectivity index (χ4v) is 3.43. The second-order valence-corrected chi connectivity index (χ2v) is 7.33. The van der Waals surface area contributed by atoms with Gasteiger partial charge in [0.05, 0.1) is 22.6 Å². The number of carbonyl (C=O) groups is 3. The third-order valence-electron chi connectivity index (χ3n) is 4.28. The van der Waals surface area contributed by atoms with Gasteiger partial charge in [0.2, 0.25) is 0 Å². The highest BCUT2D eigenvalue weighted by molar-refractivity contribution is 8.18. The summed E-state index contributed by atoms with van der Waals surface area (Å²) >= 11 is 0.734. The Morgan fingerprint density at radius 2 is 2.07 bits per heavy atom. The number of rotatable bonds is 6. The van der Waals surface area contributed by atoms with E-state index in [0.717, 1.165) is 16.7 Å². The van der Waals surface area contributed by atoms with Crippen molar-refractivity contribution in [3.8, 4) is 17.4 Å². The molecule has 0 N–H and O–H groups in total. The molecule has 7 nitrogen and oxygen atoms in total. The molecule has 1 atom stereocenters. The lowest BCUT2D eigenvalue weighted by molar-refractivity contribution is -0.150. The van der Waals surface area contributed by atoms with E-state index in [0.29, 0.717) is 29.1 Å². The van der Waals surface area contributed by atoms with Gasteiger partial charge in [-0.1, -0.05) is 19.1 Å². The van der Waals surface area contributed by atoms with Gasteiger partial charge in [0.15, 0.2) is 0 Å². The van der Waals surface area contributed by atoms with Crippen molar-refractivity contribution in [2.75, 3.05) is 6.54 Å². The summed E-state index contributed by atoms with van der Waals surface area (Å²) in [6.07, 6.45) is 1.81. The lowest BCUT2D eigenvalue weighted by Crippen LogP contribution is -2.35. The maximum atomic E-state index is 12.5. The Bertz CT molecular complexity index is 1030. The molecule has 2 aromatic rings. The SMILES string of the molecule is CC[C@H](C)OC(=O)CN1C(=O)S/C(=C/c2ccc(-c3ccccc3C#N)o2)C1=O. The first-order valence-corrected chi connectivity index (χ1v) is 9.78. The second kappa shape index (κ2) is 8.80. The van der Waals surface area contributed by atoms with Crippen molar-refractivity contribution in [3.05, 3.63) is 52.6 Å². The van der Waals surface area contributed by atoms with E-state index in [1.807, 2.05) is 6.92 Å². The van der Waals surface area contributed by atoms with Gasteiger partial charge in [0.1, 0.15) is 18.1 Å². The molecule has 2 heterocycles. The molecule has 148 valence electrons. The zero-order valence-electron chi connectivity index (χ0n) is 15.9. The summed E-state index contributed by atoms with van der Waals surface area (Å²) in [6.45, 7) is 3.18. The molecule has 3 rings (SSSR count). The number of hydrogen-bond acceptors (Lipinski definition) is 7. The minimum Gasteiger partial charge on any atom is -0.461 e. The first kappa shape index (κ1) is 20.4. The molecule has 1 aliphatic rings. The van der Waals surface area contributed by atoms with Crippen LogP contribution in [-0.4, -0.2) is 34.7 Å². The Morgan fingerprint density at radius 1 is 1.31 bits per heavy atom. The number of benzene rings is 1. The van der Waals surface area contributed by atoms with E-state index in [9.17, 15) is 19.6 Å². The number of esters is 1. The third-order valence-corrected chi connectivity index (χ3v) is 5.19. The van der Waals surface area contributed by atoms with Crippen molar-refractivity contribution >= 4 is 35.0 Å². The molecule has 8 heteroatoms. The predicted molar refractivity (Wildman–Crippen MR) is 107 cm³/mol. The quantitative estimate of drug-likeness (QED) is 0.520. The number of carbonyl (C=O) groups excluding carboxylic acids is 3. The molecule has 0 unspecified atom stereocenters. The van der Waals surface area contributed by atoms with E-state index in [-0.39, 0.29) is 11.0 Å². The normalized spacial score (nSPS) is 16.2. The fourth-order valence-electron chi connectivity index (χ4n) is 2.61. The molecule has 0 saturated carbocycles. The topological polar surface area (TPSA) is 101 Å². The van der Waals surface area contributed by atoms with E-state index in [4.69, 9.17) is 9.15 Å². The highest BCUT2D eigenvalue weighted by Gasteiger charge is 2.37. The van der Waals surface area contributed by atoms with E-state index in [2.05, 4.69) is 6.07 Å². The van der Waals surface area contributed by atoms with Crippen molar-refractivity contribution in [1.82, 2.24) is 4.90 Å². The lowest BCUT2D eigenvalue weighted by atomic mass is 10.1. The van der Waals surface area contributed by atoms with Gasteiger partial charge in [0, 0.05) is 11.6 Å². The average Bonchev–Trinajstić information content (AvgIpc) is 3.28. The van der Waals surface area contributed by atoms with Crippen LogP contribution in [0.2, 0.25) is 0 Å². The molecule has 1 fully saturated rings. The Hall–Kier alpha value is -3.31. The predicted octanol–water partition coefficient (Wildman–Crippen LogP) is 4.20. The van der Waals surface area contributed by atoms with Crippen LogP contribution in [0.15, 0.2) is 45.7 Å². The van der Waals surface area contributed by atoms with E-state index in [1.165, 1.54) is 6.08 Å². The molecule has 1 saturated heterocycles. The van der Waals surface area contributed by atoms with Crippen molar-refractivity contribution < 1.29 is 23.5 Å². The van der Waals surface area contributed by atoms with Gasteiger partial charge in [-0.2, -0.15) is 5.26 Å². The summed E-state index contributed by atoms with van der Waals surface area (Å²) in [6, 6.07) is 12.4. The number of thioether (sulfide) groups is 1. The molecule has 1 aromatic heterocycles. The minimum atomic E-state index is -0.628. The maximum Gasteiger partial charge on any atom is 0.326 e. The van der Waals surface area contributed by atoms with E-state index >= 15 is 0 Å². The van der Waals surface area contributed by atoms with Crippen LogP contribution >= 0.6 is 11.8 Å². The van der Waals surface area contributed by atoms with Crippen LogP contribution in [-0.2, 0) is 14.3 Å². The number of imide groups is 1. The Morgan fingerprint density at radius 3 is 2.79 bits per heavy atom. The number of hydrogen-bond donors (Lipinski definition) is 0. The summed E-state index contributed by atoms with van der Waals surface area (Å²) in [5.74, 6) is -0.363. The second-order valence-electron chi connectivity index (χ2n) is 6.34. The van der Waals surface area contributed by atoms with Crippen LogP contribution in [0, 0.1) is 11.3 Å². The van der Waals surface area contributed by atoms with E-state index < -0.39 is 23.7 Å². The molecule has 2 amide bonds. The highest BCUT2D eigenvalue weighted by Crippen LogP contribution is 2.33. The zero-order chi connectivity index (χ0) is 21.0. The van der Waals surface area contributed by atoms with Crippen LogP contribution < -0.4 is 0 Å². The molecule has 0 aliphatic carbocycles. The van der Waals surface area contributed by atoms with E-state index in [1.54, 1.807) is 43.3 Å². The average molecular weight is 410 g/mol. The first-order chi connectivity index (χ1) is 13.9. The van der Waals surface area contributed by atoms with Gasteiger partial charge in [-0.3, -0.25) is 19.3 Å². The van der Waals surface area contributed by atoms with Crippen molar-refractivity contribution in [2.45, 2.75) is 26.4 Å². The Kier molecular flexibility index (Phi) is 6.20. The molecule has 1 aromatic carbocycles. The number of furan rings is 1. The molecule has 0 radical (unpaired) electrons. The summed E-state index contributed by atoms with van der Waals surface area (Å²) in [4.78, 5) is 37.6. The molecule has 0 spiro atoms. The largest absolute Gasteiger partial charge is 0.461 e. The van der Waals surface area contributed by atoms with Gasteiger partial charge in [0.25, 0.3) is 11.1 Å². The molecule has 0 bridgehead atoms. The van der Waals surface area contributed by atoms with Crippen molar-refractivity contribution in [3.63, 3.8) is 0 Å². The minimum absolute atomic E-state index is 0.154. The fraction of sp³-hybridized carbons (Fsp3) is 0.238. The van der Waals surface area contributed by atoms with Gasteiger partial charge in [-0.05, 0) is 49.4 Å². The summed E-state index contributed by atoms with van der Waals surface area (Å²) < 4.78 is 10.9. The van der Waals surface area contributed by atoms with Crippen LogP contribution in [0.25, 0.3) is 17.4 Å². The highest BCUT2D eigenvalue weighted by atomic mass is 32.2. The van der Waals surface area contributed by atoms with Gasteiger partial charge in [-0.15, -0.1) is 0 Å². The summed E-state index contributed by atoms with van der Waals surface area (Å²) in [7, 11) is 0. The van der Waals surface area contributed by atoms with Gasteiger partial charge < -0.3 is 9.15 Å². The third kappa shape index (κ3) is 4.58. The monoisotopic (exact) mass is 410 g/mol. The summed E-state index contributed by atoms with van der Waals surface area (Å²) in [5.41, 5.74) is 1.10. The standard InChI is InChI=1S/C21H18N2O5S/c1-3-13(2)27-19(24)12-23-20(25)18(29-21(23)26)10-15-8-9-17(28-15)16-7-5-4-6-14(16)11-22/h4-10,13H,3,12H2,1-2H3/b18-10+/t13-/m0/s1. The molecular formula is C21H18N2O5S. The van der Waals surface area contributed by atoms with Gasteiger partial charge >= 0.3 is 5.97 Å². The smallest absolute Gasteiger partial charge is 0.326 e. The van der Waals surface area contributed by atoms with Crippen LogP contribution in [0.4, 0.5) is 4.79 Å². The molecule has 29 heavy (non-hydrogen) atoms.